The van der Waals surface area contributed by atoms with Gasteiger partial charge >= 0.3 is 0 Å². The van der Waals surface area contributed by atoms with E-state index in [0.717, 1.165) is 4.47 Å². The van der Waals surface area contributed by atoms with Crippen LogP contribution in [0.3, 0.4) is 0 Å². The van der Waals surface area contributed by atoms with Crippen molar-refractivity contribution in [2.75, 3.05) is 6.61 Å². The summed E-state index contributed by atoms with van der Waals surface area (Å²) in [6.45, 7) is 6.42. The second kappa shape index (κ2) is 7.36. The van der Waals surface area contributed by atoms with E-state index in [2.05, 4.69) is 15.9 Å². The van der Waals surface area contributed by atoms with Gasteiger partial charge in [-0.05, 0) is 43.5 Å². The standard InChI is InChI=1S/C15H22BrFO2/c1-4-15(5-2,19-6-3)14(18)10-11-9-12(16)7-8-13(11)17/h7-9,14,18H,4-6,10H2,1-3H3. The van der Waals surface area contributed by atoms with Crippen molar-refractivity contribution >= 4 is 15.9 Å². The average Bonchev–Trinajstić information content (AvgIpc) is 2.40. The molecule has 0 heterocycles. The minimum Gasteiger partial charge on any atom is -0.390 e. The highest BCUT2D eigenvalue weighted by Crippen LogP contribution is 2.28. The van der Waals surface area contributed by atoms with Crippen LogP contribution in [-0.2, 0) is 11.2 Å². The van der Waals surface area contributed by atoms with Gasteiger partial charge in [-0.2, -0.15) is 0 Å². The molecule has 4 heteroatoms. The van der Waals surface area contributed by atoms with E-state index in [0.29, 0.717) is 25.0 Å². The summed E-state index contributed by atoms with van der Waals surface area (Å²) in [6, 6.07) is 4.77. The first-order valence-corrected chi connectivity index (χ1v) is 7.54. The zero-order chi connectivity index (χ0) is 14.5. The summed E-state index contributed by atoms with van der Waals surface area (Å²) < 4.78 is 20.3. The van der Waals surface area contributed by atoms with Crippen LogP contribution in [0, 0.1) is 5.82 Å². The van der Waals surface area contributed by atoms with Crippen molar-refractivity contribution in [1.82, 2.24) is 0 Å². The van der Waals surface area contributed by atoms with Crippen molar-refractivity contribution in [3.05, 3.63) is 34.1 Å². The first-order valence-electron chi connectivity index (χ1n) is 6.75. The van der Waals surface area contributed by atoms with Gasteiger partial charge < -0.3 is 9.84 Å². The van der Waals surface area contributed by atoms with Crippen LogP contribution in [0.2, 0.25) is 0 Å². The molecule has 0 aliphatic carbocycles. The summed E-state index contributed by atoms with van der Waals surface area (Å²) in [5.41, 5.74) is -0.0865. The van der Waals surface area contributed by atoms with E-state index in [-0.39, 0.29) is 12.2 Å². The normalized spacial score (nSPS) is 13.6. The Morgan fingerprint density at radius 3 is 2.47 bits per heavy atom. The van der Waals surface area contributed by atoms with Crippen molar-refractivity contribution in [2.24, 2.45) is 0 Å². The average molecular weight is 333 g/mol. The quantitative estimate of drug-likeness (QED) is 0.814. The minimum atomic E-state index is -0.716. The summed E-state index contributed by atoms with van der Waals surface area (Å²) in [5.74, 6) is -0.292. The highest BCUT2D eigenvalue weighted by Gasteiger charge is 2.35. The molecule has 0 fully saturated rings. The van der Waals surface area contributed by atoms with E-state index in [1.54, 1.807) is 12.1 Å². The van der Waals surface area contributed by atoms with Gasteiger partial charge in [0.15, 0.2) is 0 Å². The van der Waals surface area contributed by atoms with Crippen molar-refractivity contribution in [1.29, 1.82) is 0 Å². The van der Waals surface area contributed by atoms with Gasteiger partial charge in [0, 0.05) is 17.5 Å². The van der Waals surface area contributed by atoms with E-state index in [9.17, 15) is 9.50 Å². The highest BCUT2D eigenvalue weighted by atomic mass is 79.9. The molecule has 0 radical (unpaired) electrons. The Bertz CT molecular complexity index is 405. The van der Waals surface area contributed by atoms with Crippen molar-refractivity contribution in [3.63, 3.8) is 0 Å². The number of benzene rings is 1. The molecule has 1 aromatic carbocycles. The van der Waals surface area contributed by atoms with Gasteiger partial charge in [-0.15, -0.1) is 0 Å². The van der Waals surface area contributed by atoms with Gasteiger partial charge in [-0.3, -0.25) is 0 Å². The van der Waals surface area contributed by atoms with Crippen LogP contribution in [0.15, 0.2) is 22.7 Å². The molecule has 0 aliphatic rings. The van der Waals surface area contributed by atoms with E-state index < -0.39 is 11.7 Å². The molecular formula is C15H22BrFO2. The lowest BCUT2D eigenvalue weighted by atomic mass is 9.86. The van der Waals surface area contributed by atoms with E-state index in [1.807, 2.05) is 20.8 Å². The third-order valence-electron chi connectivity index (χ3n) is 3.66. The van der Waals surface area contributed by atoms with Crippen LogP contribution in [-0.4, -0.2) is 23.4 Å². The molecule has 0 aromatic heterocycles. The lowest BCUT2D eigenvalue weighted by Gasteiger charge is -2.36. The van der Waals surface area contributed by atoms with E-state index in [4.69, 9.17) is 4.74 Å². The SMILES string of the molecule is CCOC(CC)(CC)C(O)Cc1cc(Br)ccc1F. The van der Waals surface area contributed by atoms with Crippen molar-refractivity contribution in [3.8, 4) is 0 Å². The second-order valence-corrected chi connectivity index (χ2v) is 5.58. The molecule has 1 unspecified atom stereocenters. The first kappa shape index (κ1) is 16.6. The number of halogens is 2. The maximum Gasteiger partial charge on any atom is 0.126 e. The number of aliphatic hydroxyl groups is 1. The Balaban J connectivity index is 2.92. The maximum absolute atomic E-state index is 13.7. The van der Waals surface area contributed by atoms with Gasteiger partial charge in [0.25, 0.3) is 0 Å². The fourth-order valence-corrected chi connectivity index (χ4v) is 2.81. The molecule has 0 amide bonds. The number of aliphatic hydroxyl groups excluding tert-OH is 1. The third-order valence-corrected chi connectivity index (χ3v) is 4.15. The van der Waals surface area contributed by atoms with Crippen LogP contribution >= 0.6 is 15.9 Å². The lowest BCUT2D eigenvalue weighted by Crippen LogP contribution is -2.45. The second-order valence-electron chi connectivity index (χ2n) is 4.66. The predicted molar refractivity (Wildman–Crippen MR) is 78.7 cm³/mol. The molecular weight excluding hydrogens is 311 g/mol. The van der Waals surface area contributed by atoms with Crippen LogP contribution in [0.1, 0.15) is 39.2 Å². The van der Waals surface area contributed by atoms with Gasteiger partial charge in [0.2, 0.25) is 0 Å². The molecule has 1 rings (SSSR count). The number of hydrogen-bond donors (Lipinski definition) is 1. The topological polar surface area (TPSA) is 29.5 Å². The van der Waals surface area contributed by atoms with Gasteiger partial charge in [-0.25, -0.2) is 4.39 Å². The predicted octanol–water partition coefficient (Wildman–Crippen LogP) is 4.09. The first-order chi connectivity index (χ1) is 8.99. The molecule has 0 saturated heterocycles. The number of ether oxygens (including phenoxy) is 1. The molecule has 0 saturated carbocycles. The summed E-state index contributed by atoms with van der Waals surface area (Å²) in [4.78, 5) is 0. The highest BCUT2D eigenvalue weighted by molar-refractivity contribution is 9.10. The van der Waals surface area contributed by atoms with Crippen LogP contribution < -0.4 is 0 Å². The smallest absolute Gasteiger partial charge is 0.126 e. The Kier molecular flexibility index (Phi) is 6.43. The van der Waals surface area contributed by atoms with Crippen LogP contribution in [0.4, 0.5) is 4.39 Å². The third kappa shape index (κ3) is 4.01. The van der Waals surface area contributed by atoms with Gasteiger partial charge in [0.05, 0.1) is 11.7 Å². The molecule has 0 spiro atoms. The molecule has 108 valence electrons. The Morgan fingerprint density at radius 2 is 1.95 bits per heavy atom. The Hall–Kier alpha value is -0.450. The van der Waals surface area contributed by atoms with Crippen LogP contribution in [0.5, 0.6) is 0 Å². The molecule has 2 nitrogen and oxygen atoms in total. The summed E-state index contributed by atoms with van der Waals surface area (Å²) in [6.07, 6.45) is 0.945. The molecule has 1 N–H and O–H groups in total. The zero-order valence-electron chi connectivity index (χ0n) is 11.7. The van der Waals surface area contributed by atoms with Gasteiger partial charge in [0.1, 0.15) is 5.82 Å². The zero-order valence-corrected chi connectivity index (χ0v) is 13.3. The van der Waals surface area contributed by atoms with Gasteiger partial charge in [-0.1, -0.05) is 29.8 Å². The van der Waals surface area contributed by atoms with Crippen molar-refractivity contribution in [2.45, 2.75) is 51.7 Å². The minimum absolute atomic E-state index is 0.257. The fraction of sp³-hybridized carbons (Fsp3) is 0.600. The fourth-order valence-electron chi connectivity index (χ4n) is 2.40. The van der Waals surface area contributed by atoms with Crippen LogP contribution in [0.25, 0.3) is 0 Å². The number of rotatable bonds is 7. The summed E-state index contributed by atoms with van der Waals surface area (Å²) in [7, 11) is 0. The Morgan fingerprint density at radius 1 is 1.32 bits per heavy atom. The van der Waals surface area contributed by atoms with E-state index >= 15 is 0 Å². The van der Waals surface area contributed by atoms with E-state index in [1.165, 1.54) is 6.07 Å². The maximum atomic E-state index is 13.7. The largest absolute Gasteiger partial charge is 0.390 e. The summed E-state index contributed by atoms with van der Waals surface area (Å²) >= 11 is 3.32. The van der Waals surface area contributed by atoms with Crippen molar-refractivity contribution < 1.29 is 14.2 Å². The Labute approximate surface area is 123 Å². The monoisotopic (exact) mass is 332 g/mol. The summed E-state index contributed by atoms with van der Waals surface area (Å²) in [5, 5.41) is 10.5. The molecule has 19 heavy (non-hydrogen) atoms. The molecule has 0 bridgehead atoms. The molecule has 0 aliphatic heterocycles. The number of hydrogen-bond acceptors (Lipinski definition) is 2. The molecule has 1 atom stereocenters. The molecule has 1 aromatic rings. The lowest BCUT2D eigenvalue weighted by molar-refractivity contribution is -0.124.